The van der Waals surface area contributed by atoms with Crippen molar-refractivity contribution >= 4 is 5.91 Å². The molecule has 2 aromatic rings. The summed E-state index contributed by atoms with van der Waals surface area (Å²) in [5.74, 6) is 1.44. The zero-order valence-electron chi connectivity index (χ0n) is 15.2. The SMILES string of the molecule is COc1ccc([C@@H](CNC(=O)COc2ccccc2)N2CCCC2)cc1. The molecular weight excluding hydrogens is 328 g/mol. The van der Waals surface area contributed by atoms with E-state index in [1.165, 1.54) is 18.4 Å². The fourth-order valence-electron chi connectivity index (χ4n) is 3.26. The van der Waals surface area contributed by atoms with Crippen LogP contribution in [-0.4, -0.2) is 44.2 Å². The van der Waals surface area contributed by atoms with Gasteiger partial charge in [0.25, 0.3) is 5.91 Å². The van der Waals surface area contributed by atoms with Crippen molar-refractivity contribution in [3.63, 3.8) is 0 Å². The molecule has 0 aliphatic carbocycles. The number of benzene rings is 2. The van der Waals surface area contributed by atoms with E-state index in [4.69, 9.17) is 9.47 Å². The fourth-order valence-corrected chi connectivity index (χ4v) is 3.26. The molecule has 3 rings (SSSR count). The van der Waals surface area contributed by atoms with Crippen LogP contribution < -0.4 is 14.8 Å². The molecule has 5 nitrogen and oxygen atoms in total. The molecule has 1 amide bonds. The first-order valence-corrected chi connectivity index (χ1v) is 9.09. The van der Waals surface area contributed by atoms with E-state index < -0.39 is 0 Å². The minimum Gasteiger partial charge on any atom is -0.497 e. The number of hydrogen-bond acceptors (Lipinski definition) is 4. The Bertz CT molecular complexity index is 682. The average molecular weight is 354 g/mol. The average Bonchev–Trinajstić information content (AvgIpc) is 3.22. The summed E-state index contributed by atoms with van der Waals surface area (Å²) in [7, 11) is 1.67. The number of rotatable bonds is 8. The van der Waals surface area contributed by atoms with E-state index in [1.807, 2.05) is 42.5 Å². The Hall–Kier alpha value is -2.53. The van der Waals surface area contributed by atoms with E-state index in [9.17, 15) is 4.79 Å². The zero-order valence-corrected chi connectivity index (χ0v) is 15.2. The van der Waals surface area contributed by atoms with Gasteiger partial charge in [0.2, 0.25) is 0 Å². The summed E-state index contributed by atoms with van der Waals surface area (Å²) in [4.78, 5) is 14.6. The van der Waals surface area contributed by atoms with E-state index in [2.05, 4.69) is 22.3 Å². The standard InChI is InChI=1S/C21H26N2O3/c1-25-18-11-9-17(10-12-18)20(23-13-5-6-14-23)15-22-21(24)16-26-19-7-3-2-4-8-19/h2-4,7-12,20H,5-6,13-16H2,1H3,(H,22,24)/t20-/m1/s1. The minimum atomic E-state index is -0.105. The van der Waals surface area contributed by atoms with Crippen LogP contribution in [0.2, 0.25) is 0 Å². The molecule has 1 N–H and O–H groups in total. The van der Waals surface area contributed by atoms with Crippen molar-refractivity contribution in [3.05, 3.63) is 60.2 Å². The molecule has 5 heteroatoms. The molecule has 2 aromatic carbocycles. The first kappa shape index (κ1) is 18.3. The van der Waals surface area contributed by atoms with Crippen molar-refractivity contribution in [1.29, 1.82) is 0 Å². The molecule has 26 heavy (non-hydrogen) atoms. The maximum absolute atomic E-state index is 12.2. The van der Waals surface area contributed by atoms with E-state index in [1.54, 1.807) is 7.11 Å². The van der Waals surface area contributed by atoms with Crippen molar-refractivity contribution < 1.29 is 14.3 Å². The monoisotopic (exact) mass is 354 g/mol. The topological polar surface area (TPSA) is 50.8 Å². The van der Waals surface area contributed by atoms with Crippen molar-refractivity contribution in [2.45, 2.75) is 18.9 Å². The lowest BCUT2D eigenvalue weighted by Gasteiger charge is -2.28. The Morgan fingerprint density at radius 1 is 1.04 bits per heavy atom. The van der Waals surface area contributed by atoms with Crippen LogP contribution in [0.5, 0.6) is 11.5 Å². The van der Waals surface area contributed by atoms with Gasteiger partial charge in [-0.25, -0.2) is 0 Å². The Morgan fingerprint density at radius 3 is 2.38 bits per heavy atom. The van der Waals surface area contributed by atoms with Crippen LogP contribution in [0.4, 0.5) is 0 Å². The van der Waals surface area contributed by atoms with E-state index in [-0.39, 0.29) is 18.6 Å². The summed E-state index contributed by atoms with van der Waals surface area (Å²) in [5.41, 5.74) is 1.19. The molecule has 0 saturated carbocycles. The molecule has 138 valence electrons. The second-order valence-corrected chi connectivity index (χ2v) is 6.44. The molecule has 0 unspecified atom stereocenters. The highest BCUT2D eigenvalue weighted by Gasteiger charge is 2.24. The van der Waals surface area contributed by atoms with Crippen molar-refractivity contribution in [1.82, 2.24) is 10.2 Å². The molecule has 1 aliphatic heterocycles. The van der Waals surface area contributed by atoms with E-state index >= 15 is 0 Å². The molecule has 0 bridgehead atoms. The molecule has 1 heterocycles. The summed E-state index contributed by atoms with van der Waals surface area (Å²) < 4.78 is 10.8. The quantitative estimate of drug-likeness (QED) is 0.792. The zero-order chi connectivity index (χ0) is 18.2. The predicted molar refractivity (Wildman–Crippen MR) is 101 cm³/mol. The summed E-state index contributed by atoms with van der Waals surface area (Å²) >= 11 is 0. The highest BCUT2D eigenvalue weighted by atomic mass is 16.5. The van der Waals surface area contributed by atoms with Gasteiger partial charge in [0, 0.05) is 6.54 Å². The third-order valence-electron chi connectivity index (χ3n) is 4.69. The Balaban J connectivity index is 1.57. The molecule has 0 aromatic heterocycles. The number of carbonyl (C=O) groups is 1. The predicted octanol–water partition coefficient (Wildman–Crippen LogP) is 3.03. The van der Waals surface area contributed by atoms with Crippen LogP contribution in [0.1, 0.15) is 24.4 Å². The number of methoxy groups -OCH3 is 1. The second kappa shape index (κ2) is 9.25. The van der Waals surface area contributed by atoms with Crippen molar-refractivity contribution in [2.24, 2.45) is 0 Å². The summed E-state index contributed by atoms with van der Waals surface area (Å²) in [6, 6.07) is 17.7. The third-order valence-corrected chi connectivity index (χ3v) is 4.69. The van der Waals surface area contributed by atoms with Crippen LogP contribution in [0.15, 0.2) is 54.6 Å². The number of nitrogens with zero attached hydrogens (tertiary/aromatic N) is 1. The summed E-state index contributed by atoms with van der Waals surface area (Å²) in [6.45, 7) is 2.73. The number of para-hydroxylation sites is 1. The number of ether oxygens (including phenoxy) is 2. The maximum atomic E-state index is 12.2. The lowest BCUT2D eigenvalue weighted by Crippen LogP contribution is -2.38. The van der Waals surface area contributed by atoms with Gasteiger partial charge >= 0.3 is 0 Å². The van der Waals surface area contributed by atoms with E-state index in [0.29, 0.717) is 12.3 Å². The highest BCUT2D eigenvalue weighted by Crippen LogP contribution is 2.26. The lowest BCUT2D eigenvalue weighted by atomic mass is 10.1. The van der Waals surface area contributed by atoms with Gasteiger partial charge in [-0.15, -0.1) is 0 Å². The van der Waals surface area contributed by atoms with Gasteiger partial charge in [-0.1, -0.05) is 30.3 Å². The second-order valence-electron chi connectivity index (χ2n) is 6.44. The maximum Gasteiger partial charge on any atom is 0.258 e. The van der Waals surface area contributed by atoms with Gasteiger partial charge in [0.05, 0.1) is 13.2 Å². The van der Waals surface area contributed by atoms with E-state index in [0.717, 1.165) is 18.8 Å². The molecule has 1 aliphatic rings. The summed E-state index contributed by atoms with van der Waals surface area (Å²) in [5, 5.41) is 3.02. The number of nitrogens with one attached hydrogen (secondary N) is 1. The van der Waals surface area contributed by atoms with Gasteiger partial charge in [-0.05, 0) is 55.8 Å². The van der Waals surface area contributed by atoms with Gasteiger partial charge in [0.1, 0.15) is 11.5 Å². The summed E-state index contributed by atoms with van der Waals surface area (Å²) in [6.07, 6.45) is 2.41. The first-order valence-electron chi connectivity index (χ1n) is 9.09. The van der Waals surface area contributed by atoms with Gasteiger partial charge in [0.15, 0.2) is 6.61 Å². The molecule has 0 radical (unpaired) electrons. The number of carbonyl (C=O) groups excluding carboxylic acids is 1. The third kappa shape index (κ3) is 4.99. The van der Waals surface area contributed by atoms with Crippen LogP contribution in [0, 0.1) is 0 Å². The van der Waals surface area contributed by atoms with Gasteiger partial charge in [-0.2, -0.15) is 0 Å². The largest absolute Gasteiger partial charge is 0.497 e. The smallest absolute Gasteiger partial charge is 0.258 e. The van der Waals surface area contributed by atoms with Crippen molar-refractivity contribution in [3.8, 4) is 11.5 Å². The molecular formula is C21H26N2O3. The Labute approximate surface area is 154 Å². The molecule has 1 saturated heterocycles. The minimum absolute atomic E-state index is 0.0271. The van der Waals surface area contributed by atoms with Gasteiger partial charge in [-0.3, -0.25) is 9.69 Å². The van der Waals surface area contributed by atoms with Crippen LogP contribution in [0.3, 0.4) is 0 Å². The Kier molecular flexibility index (Phi) is 6.50. The van der Waals surface area contributed by atoms with Crippen LogP contribution in [0.25, 0.3) is 0 Å². The van der Waals surface area contributed by atoms with Crippen LogP contribution in [-0.2, 0) is 4.79 Å². The lowest BCUT2D eigenvalue weighted by molar-refractivity contribution is -0.123. The highest BCUT2D eigenvalue weighted by molar-refractivity contribution is 5.77. The first-order chi connectivity index (χ1) is 12.8. The number of amides is 1. The Morgan fingerprint density at radius 2 is 1.73 bits per heavy atom. The number of likely N-dealkylation sites (tertiary alicyclic amines) is 1. The molecule has 0 spiro atoms. The van der Waals surface area contributed by atoms with Crippen LogP contribution >= 0.6 is 0 Å². The van der Waals surface area contributed by atoms with Gasteiger partial charge < -0.3 is 14.8 Å². The fraction of sp³-hybridized carbons (Fsp3) is 0.381. The number of hydrogen-bond donors (Lipinski definition) is 1. The normalized spacial score (nSPS) is 15.4. The molecule has 1 atom stereocenters. The molecule has 1 fully saturated rings. The van der Waals surface area contributed by atoms with Crippen molar-refractivity contribution in [2.75, 3.05) is 33.4 Å².